The van der Waals surface area contributed by atoms with Crippen molar-refractivity contribution in [1.82, 2.24) is 0 Å². The van der Waals surface area contributed by atoms with Crippen LogP contribution in [0.3, 0.4) is 0 Å². The Morgan fingerprint density at radius 1 is 0.609 bits per heavy atom. The highest BCUT2D eigenvalue weighted by atomic mass is 32.4. The molecule has 0 saturated carbocycles. The highest BCUT2D eigenvalue weighted by molar-refractivity contribution is 8.34. The van der Waals surface area contributed by atoms with Crippen LogP contribution in [0, 0.1) is 0 Å². The largest absolute Gasteiger partial charge is 0.419 e. The third-order valence-corrected chi connectivity index (χ3v) is 10.00. The molecule has 2 rings (SSSR count). The second kappa shape index (κ2) is 6.86. The zero-order valence-electron chi connectivity index (χ0n) is 13.6. The van der Waals surface area contributed by atoms with Crippen LogP contribution in [-0.4, -0.2) is 33.4 Å². The zero-order chi connectivity index (χ0) is 17.1. The topological polar surface area (TPSA) is 52.6 Å². The number of hydrogen-bond acceptors (Lipinski definition) is 4. The molecule has 0 bridgehead atoms. The maximum atomic E-state index is 12.4. The standard InChI is InChI=1S/C16H22O4S3/c1-21(2,15-11-7-5-8-12-15)19-23(17,18)20-22(3,4)16-13-9-6-10-14-16/h5-14H,1-4H3. The smallest absolute Gasteiger partial charge is 0.193 e. The van der Waals surface area contributed by atoms with Gasteiger partial charge >= 0.3 is 10.4 Å². The Labute approximate surface area is 142 Å². The van der Waals surface area contributed by atoms with E-state index >= 15 is 0 Å². The summed E-state index contributed by atoms with van der Waals surface area (Å²) < 4.78 is 35.7. The molecule has 2 aromatic carbocycles. The molecule has 0 spiro atoms. The van der Waals surface area contributed by atoms with Crippen molar-refractivity contribution >= 4 is 31.0 Å². The van der Waals surface area contributed by atoms with Gasteiger partial charge in [0.1, 0.15) is 0 Å². The van der Waals surface area contributed by atoms with E-state index in [0.717, 1.165) is 9.79 Å². The van der Waals surface area contributed by atoms with Crippen molar-refractivity contribution in [3.8, 4) is 0 Å². The van der Waals surface area contributed by atoms with Gasteiger partial charge in [0, 0.05) is 9.79 Å². The first-order valence-corrected chi connectivity index (χ1v) is 12.9. The highest BCUT2D eigenvalue weighted by Crippen LogP contribution is 2.56. The highest BCUT2D eigenvalue weighted by Gasteiger charge is 2.30. The number of benzene rings is 2. The average molecular weight is 375 g/mol. The third kappa shape index (κ3) is 4.99. The number of rotatable bonds is 6. The van der Waals surface area contributed by atoms with Crippen LogP contribution in [0.5, 0.6) is 0 Å². The van der Waals surface area contributed by atoms with E-state index in [2.05, 4.69) is 0 Å². The van der Waals surface area contributed by atoms with Crippen LogP contribution in [0.4, 0.5) is 0 Å². The van der Waals surface area contributed by atoms with E-state index in [9.17, 15) is 8.42 Å². The van der Waals surface area contributed by atoms with Gasteiger partial charge in [0.25, 0.3) is 0 Å². The van der Waals surface area contributed by atoms with E-state index in [1.807, 2.05) is 60.7 Å². The van der Waals surface area contributed by atoms with E-state index in [-0.39, 0.29) is 0 Å². The van der Waals surface area contributed by atoms with Gasteiger partial charge in [-0.1, -0.05) is 57.0 Å². The lowest BCUT2D eigenvalue weighted by Crippen LogP contribution is -2.16. The van der Waals surface area contributed by atoms with Crippen molar-refractivity contribution in [2.75, 3.05) is 25.0 Å². The molecule has 23 heavy (non-hydrogen) atoms. The molecule has 2 aromatic rings. The van der Waals surface area contributed by atoms with E-state index in [4.69, 9.17) is 7.26 Å². The summed E-state index contributed by atoms with van der Waals surface area (Å²) in [5.41, 5.74) is 0. The molecule has 4 nitrogen and oxygen atoms in total. The van der Waals surface area contributed by atoms with Gasteiger partial charge < -0.3 is 0 Å². The summed E-state index contributed by atoms with van der Waals surface area (Å²) in [5, 5.41) is 0. The molecule has 0 fully saturated rings. The fourth-order valence-electron chi connectivity index (χ4n) is 2.00. The Kier molecular flexibility index (Phi) is 5.48. The maximum absolute atomic E-state index is 12.4. The van der Waals surface area contributed by atoms with Gasteiger partial charge in [0.15, 0.2) is 0 Å². The molecule has 0 aromatic heterocycles. The van der Waals surface area contributed by atoms with Crippen LogP contribution < -0.4 is 0 Å². The summed E-state index contributed by atoms with van der Waals surface area (Å²) >= 11 is 0. The second-order valence-corrected chi connectivity index (χ2v) is 13.4. The predicted molar refractivity (Wildman–Crippen MR) is 99.4 cm³/mol. The van der Waals surface area contributed by atoms with Gasteiger partial charge in [0.05, 0.1) is 0 Å². The van der Waals surface area contributed by atoms with Gasteiger partial charge in [-0.2, -0.15) is 15.7 Å². The Morgan fingerprint density at radius 2 is 0.913 bits per heavy atom. The average Bonchev–Trinajstić information content (AvgIpc) is 2.47. The first-order chi connectivity index (χ1) is 10.6. The summed E-state index contributed by atoms with van der Waals surface area (Å²) in [4.78, 5) is 1.69. The first-order valence-electron chi connectivity index (χ1n) is 6.86. The Bertz CT molecular complexity index is 682. The van der Waals surface area contributed by atoms with Crippen molar-refractivity contribution in [3.63, 3.8) is 0 Å². The van der Waals surface area contributed by atoms with Crippen molar-refractivity contribution in [1.29, 1.82) is 0 Å². The minimum Gasteiger partial charge on any atom is -0.193 e. The van der Waals surface area contributed by atoms with E-state index in [1.165, 1.54) is 0 Å². The molecular weight excluding hydrogens is 352 g/mol. The molecule has 0 saturated heterocycles. The fourth-order valence-corrected chi connectivity index (χ4v) is 7.88. The lowest BCUT2D eigenvalue weighted by atomic mass is 10.4. The molecule has 0 aliphatic rings. The molecule has 0 aliphatic heterocycles. The van der Waals surface area contributed by atoms with E-state index < -0.39 is 31.0 Å². The molecule has 0 aliphatic carbocycles. The summed E-state index contributed by atoms with van der Waals surface area (Å²) in [6.45, 7) is 0. The Hall–Kier alpha value is -0.990. The summed E-state index contributed by atoms with van der Waals surface area (Å²) in [5.74, 6) is 0. The van der Waals surface area contributed by atoms with Gasteiger partial charge in [0.2, 0.25) is 0 Å². The molecule has 0 heterocycles. The van der Waals surface area contributed by atoms with Crippen LogP contribution in [0.15, 0.2) is 70.5 Å². The van der Waals surface area contributed by atoms with Crippen LogP contribution in [0.2, 0.25) is 0 Å². The fraction of sp³-hybridized carbons (Fsp3) is 0.250. The Balaban J connectivity index is 2.19. The predicted octanol–water partition coefficient (Wildman–Crippen LogP) is 4.34. The van der Waals surface area contributed by atoms with Gasteiger partial charge in [-0.15, -0.1) is 0 Å². The van der Waals surface area contributed by atoms with Crippen LogP contribution in [-0.2, 0) is 17.7 Å². The molecule has 0 N–H and O–H groups in total. The maximum Gasteiger partial charge on any atom is 0.419 e. The first kappa shape index (κ1) is 18.4. The van der Waals surface area contributed by atoms with Crippen molar-refractivity contribution in [2.45, 2.75) is 9.79 Å². The van der Waals surface area contributed by atoms with Gasteiger partial charge in [-0.05, 0) is 49.3 Å². The van der Waals surface area contributed by atoms with E-state index in [0.29, 0.717) is 0 Å². The molecule has 0 amide bonds. The van der Waals surface area contributed by atoms with Crippen molar-refractivity contribution in [3.05, 3.63) is 60.7 Å². The zero-order valence-corrected chi connectivity index (χ0v) is 16.1. The van der Waals surface area contributed by atoms with Crippen LogP contribution >= 0.6 is 20.6 Å². The van der Waals surface area contributed by atoms with Gasteiger partial charge in [-0.25, -0.2) is 0 Å². The minimum absolute atomic E-state index is 0.847. The van der Waals surface area contributed by atoms with Crippen molar-refractivity contribution < 1.29 is 15.7 Å². The third-order valence-electron chi connectivity index (χ3n) is 3.13. The molecular formula is C16H22O4S3. The van der Waals surface area contributed by atoms with Crippen LogP contribution in [0.1, 0.15) is 0 Å². The van der Waals surface area contributed by atoms with Crippen molar-refractivity contribution in [2.24, 2.45) is 0 Å². The van der Waals surface area contributed by atoms with Crippen LogP contribution in [0.25, 0.3) is 0 Å². The molecule has 0 radical (unpaired) electrons. The summed E-state index contributed by atoms with van der Waals surface area (Å²) in [7, 11) is -8.06. The van der Waals surface area contributed by atoms with E-state index in [1.54, 1.807) is 25.0 Å². The van der Waals surface area contributed by atoms with Gasteiger partial charge in [-0.3, -0.25) is 0 Å². The lowest BCUT2D eigenvalue weighted by molar-refractivity contribution is 0.427. The molecule has 128 valence electrons. The monoisotopic (exact) mass is 374 g/mol. The molecule has 7 heteroatoms. The summed E-state index contributed by atoms with van der Waals surface area (Å²) in [6, 6.07) is 18.7. The Morgan fingerprint density at radius 3 is 1.22 bits per heavy atom. The SMILES string of the molecule is CS(C)(OS(=O)(=O)OS(C)(C)c1ccccc1)c1ccccc1. The number of hydrogen-bond donors (Lipinski definition) is 0. The normalized spacial score (nSPS) is 14.4. The molecule has 0 unspecified atom stereocenters. The summed E-state index contributed by atoms with van der Waals surface area (Å²) in [6.07, 6.45) is 7.14. The minimum atomic E-state index is -4.12. The second-order valence-electron chi connectivity index (χ2n) is 5.64. The molecule has 0 atom stereocenters. The quantitative estimate of drug-likeness (QED) is 0.755. The lowest BCUT2D eigenvalue weighted by Gasteiger charge is -2.34.